The van der Waals surface area contributed by atoms with Gasteiger partial charge in [-0.2, -0.15) is 12.6 Å². The molecular weight excluding hydrogens is 466 g/mol. The SMILES string of the molecule is CC(O)C(N)C(=O)NC(CO)C(=O)NC(CS)C(=O)NC(Cc1c[nH]c2ccccc12)C(=O)O. The van der Waals surface area contributed by atoms with Crippen LogP contribution < -0.4 is 21.7 Å². The summed E-state index contributed by atoms with van der Waals surface area (Å²) in [7, 11) is 0. The Labute approximate surface area is 200 Å². The Bertz CT molecular complexity index is 1030. The zero-order valence-electron chi connectivity index (χ0n) is 18.4. The van der Waals surface area contributed by atoms with Gasteiger partial charge < -0.3 is 42.0 Å². The lowest BCUT2D eigenvalue weighted by atomic mass is 10.0. The number of hydrogen-bond donors (Lipinski definition) is 9. The summed E-state index contributed by atoms with van der Waals surface area (Å²) in [4.78, 5) is 52.0. The minimum absolute atomic E-state index is 0.00905. The molecule has 1 aromatic heterocycles. The topological polar surface area (TPSA) is 207 Å². The second kappa shape index (κ2) is 12.4. The van der Waals surface area contributed by atoms with E-state index >= 15 is 0 Å². The smallest absolute Gasteiger partial charge is 0.326 e. The molecule has 34 heavy (non-hydrogen) atoms. The number of carboxylic acid groups (broad SMARTS) is 1. The van der Waals surface area contributed by atoms with Crippen LogP contribution in [-0.2, 0) is 25.6 Å². The fourth-order valence-corrected chi connectivity index (χ4v) is 3.40. The molecule has 0 saturated carbocycles. The predicted molar refractivity (Wildman–Crippen MR) is 126 cm³/mol. The van der Waals surface area contributed by atoms with E-state index in [2.05, 4.69) is 33.6 Å². The largest absolute Gasteiger partial charge is 0.480 e. The second-order valence-electron chi connectivity index (χ2n) is 7.72. The number of carbonyl (C=O) groups is 4. The summed E-state index contributed by atoms with van der Waals surface area (Å²) in [5, 5.41) is 36.2. The van der Waals surface area contributed by atoms with Crippen LogP contribution in [0, 0.1) is 0 Å². The van der Waals surface area contributed by atoms with E-state index in [0.29, 0.717) is 5.56 Å². The minimum Gasteiger partial charge on any atom is -0.480 e. The van der Waals surface area contributed by atoms with Crippen molar-refractivity contribution in [2.45, 2.75) is 43.6 Å². The molecular formula is C21H29N5O7S. The highest BCUT2D eigenvalue weighted by molar-refractivity contribution is 7.80. The van der Waals surface area contributed by atoms with Crippen LogP contribution in [0.4, 0.5) is 0 Å². The van der Waals surface area contributed by atoms with E-state index in [1.165, 1.54) is 6.92 Å². The van der Waals surface area contributed by atoms with Crippen molar-refractivity contribution in [3.63, 3.8) is 0 Å². The third-order valence-corrected chi connectivity index (χ3v) is 5.53. The van der Waals surface area contributed by atoms with Gasteiger partial charge in [-0.1, -0.05) is 18.2 Å². The van der Waals surface area contributed by atoms with Gasteiger partial charge in [0.25, 0.3) is 0 Å². The van der Waals surface area contributed by atoms with E-state index in [0.717, 1.165) is 10.9 Å². The molecule has 186 valence electrons. The Morgan fingerprint density at radius 2 is 1.62 bits per heavy atom. The molecule has 0 aliphatic rings. The molecule has 0 aliphatic carbocycles. The summed E-state index contributed by atoms with van der Waals surface area (Å²) in [6.45, 7) is 0.484. The molecule has 9 N–H and O–H groups in total. The van der Waals surface area contributed by atoms with Crippen molar-refractivity contribution in [1.82, 2.24) is 20.9 Å². The number of thiol groups is 1. The lowest BCUT2D eigenvalue weighted by molar-refractivity contribution is -0.142. The average Bonchev–Trinajstić information content (AvgIpc) is 3.22. The number of carbonyl (C=O) groups excluding carboxylic acids is 3. The summed E-state index contributed by atoms with van der Waals surface area (Å²) >= 11 is 4.04. The molecule has 12 nitrogen and oxygen atoms in total. The Balaban J connectivity index is 2.05. The van der Waals surface area contributed by atoms with Gasteiger partial charge in [0.05, 0.1) is 12.7 Å². The normalized spacial score (nSPS) is 15.6. The van der Waals surface area contributed by atoms with Crippen molar-refractivity contribution < 1.29 is 34.5 Å². The minimum atomic E-state index is -1.45. The van der Waals surface area contributed by atoms with Gasteiger partial charge in [0.15, 0.2) is 0 Å². The first-order valence-electron chi connectivity index (χ1n) is 10.4. The van der Waals surface area contributed by atoms with Crippen LogP contribution in [0.3, 0.4) is 0 Å². The van der Waals surface area contributed by atoms with Crippen molar-refractivity contribution in [2.24, 2.45) is 5.73 Å². The van der Waals surface area contributed by atoms with Gasteiger partial charge in [-0.25, -0.2) is 4.79 Å². The maximum absolute atomic E-state index is 12.7. The number of aromatic amines is 1. The standard InChI is InChI=1S/C21H29N5O7S/c1-10(28)17(22)20(31)25-15(8-27)18(29)26-16(9-34)19(30)24-14(21(32)33)6-11-7-23-13-5-3-2-4-12(11)13/h2-5,7,10,14-17,23,27-28,34H,6,8-9,22H2,1H3,(H,24,30)(H,25,31)(H,26,29)(H,32,33). The number of para-hydroxylation sites is 1. The van der Waals surface area contributed by atoms with E-state index in [9.17, 15) is 34.5 Å². The lowest BCUT2D eigenvalue weighted by Gasteiger charge is -2.24. The monoisotopic (exact) mass is 495 g/mol. The number of rotatable bonds is 12. The molecule has 2 rings (SSSR count). The van der Waals surface area contributed by atoms with Crippen LogP contribution in [0.1, 0.15) is 12.5 Å². The number of aliphatic carboxylic acids is 1. The first kappa shape index (κ1) is 27.1. The summed E-state index contributed by atoms with van der Waals surface area (Å²) in [5.74, 6) is -4.04. The average molecular weight is 496 g/mol. The number of H-pyrrole nitrogens is 1. The lowest BCUT2D eigenvalue weighted by Crippen LogP contribution is -2.59. The number of hydrogen-bond acceptors (Lipinski definition) is 8. The fourth-order valence-electron chi connectivity index (χ4n) is 3.14. The molecule has 1 heterocycles. The van der Waals surface area contributed by atoms with Gasteiger partial charge in [-0.3, -0.25) is 14.4 Å². The molecule has 5 unspecified atom stereocenters. The zero-order chi connectivity index (χ0) is 25.4. The van der Waals surface area contributed by atoms with Gasteiger partial charge in [0.1, 0.15) is 24.2 Å². The summed E-state index contributed by atoms with van der Waals surface area (Å²) in [6.07, 6.45) is 0.464. The molecule has 1 aromatic carbocycles. The quantitative estimate of drug-likeness (QED) is 0.148. The number of aliphatic hydroxyl groups is 2. The fraction of sp³-hybridized carbons (Fsp3) is 0.429. The number of carboxylic acids is 1. The molecule has 13 heteroatoms. The number of amides is 3. The number of aliphatic hydroxyl groups excluding tert-OH is 2. The van der Waals surface area contributed by atoms with E-state index < -0.39 is 60.6 Å². The van der Waals surface area contributed by atoms with Crippen molar-refractivity contribution in [2.75, 3.05) is 12.4 Å². The van der Waals surface area contributed by atoms with E-state index in [1.807, 2.05) is 24.3 Å². The van der Waals surface area contributed by atoms with Crippen LogP contribution in [0.25, 0.3) is 10.9 Å². The third-order valence-electron chi connectivity index (χ3n) is 5.17. The van der Waals surface area contributed by atoms with Crippen molar-refractivity contribution in [3.05, 3.63) is 36.0 Å². The highest BCUT2D eigenvalue weighted by atomic mass is 32.1. The van der Waals surface area contributed by atoms with Crippen LogP contribution in [0.2, 0.25) is 0 Å². The predicted octanol–water partition coefficient (Wildman–Crippen LogP) is -2.12. The van der Waals surface area contributed by atoms with Gasteiger partial charge in [0, 0.05) is 29.3 Å². The Kier molecular flexibility index (Phi) is 9.86. The summed E-state index contributed by atoms with van der Waals surface area (Å²) in [5.41, 5.74) is 7.01. The molecule has 0 aliphatic heterocycles. The Morgan fingerprint density at radius 1 is 1.03 bits per heavy atom. The number of fused-ring (bicyclic) bond motifs is 1. The van der Waals surface area contributed by atoms with Crippen LogP contribution in [0.15, 0.2) is 30.5 Å². The van der Waals surface area contributed by atoms with Crippen molar-refractivity contribution in [1.29, 1.82) is 0 Å². The number of aromatic nitrogens is 1. The van der Waals surface area contributed by atoms with Crippen LogP contribution in [-0.4, -0.2) is 86.6 Å². The molecule has 0 fully saturated rings. The highest BCUT2D eigenvalue weighted by Crippen LogP contribution is 2.19. The number of benzene rings is 1. The van der Waals surface area contributed by atoms with Crippen molar-refractivity contribution >= 4 is 47.2 Å². The Morgan fingerprint density at radius 3 is 2.21 bits per heavy atom. The Hall–Kier alpha value is -3.13. The first-order valence-corrected chi connectivity index (χ1v) is 11.1. The van der Waals surface area contributed by atoms with Gasteiger partial charge >= 0.3 is 5.97 Å². The highest BCUT2D eigenvalue weighted by Gasteiger charge is 2.30. The molecule has 5 atom stereocenters. The first-order chi connectivity index (χ1) is 16.1. The van der Waals surface area contributed by atoms with Crippen LogP contribution in [0.5, 0.6) is 0 Å². The molecule has 0 spiro atoms. The van der Waals surface area contributed by atoms with Gasteiger partial charge in [-0.05, 0) is 18.6 Å². The molecule has 0 saturated heterocycles. The van der Waals surface area contributed by atoms with Gasteiger partial charge in [-0.15, -0.1) is 0 Å². The van der Waals surface area contributed by atoms with E-state index in [1.54, 1.807) is 6.20 Å². The maximum Gasteiger partial charge on any atom is 0.326 e. The molecule has 3 amide bonds. The van der Waals surface area contributed by atoms with Crippen LogP contribution >= 0.6 is 12.6 Å². The zero-order valence-corrected chi connectivity index (χ0v) is 19.3. The summed E-state index contributed by atoms with van der Waals surface area (Å²) < 4.78 is 0. The second-order valence-corrected chi connectivity index (χ2v) is 8.08. The maximum atomic E-state index is 12.7. The summed E-state index contributed by atoms with van der Waals surface area (Å²) in [6, 6.07) is 1.99. The molecule has 0 radical (unpaired) electrons. The van der Waals surface area contributed by atoms with Crippen molar-refractivity contribution in [3.8, 4) is 0 Å². The third kappa shape index (κ3) is 6.93. The molecule has 0 bridgehead atoms. The molecule has 2 aromatic rings. The number of nitrogens with one attached hydrogen (secondary N) is 4. The van der Waals surface area contributed by atoms with E-state index in [4.69, 9.17) is 5.73 Å². The van der Waals surface area contributed by atoms with Gasteiger partial charge in [0.2, 0.25) is 17.7 Å². The number of nitrogens with two attached hydrogens (primary N) is 1. The van der Waals surface area contributed by atoms with E-state index in [-0.39, 0.29) is 12.2 Å².